The summed E-state index contributed by atoms with van der Waals surface area (Å²) in [4.78, 5) is 4.46. The third-order valence-electron chi connectivity index (χ3n) is 3.95. The van der Waals surface area contributed by atoms with E-state index in [0.717, 1.165) is 41.6 Å². The van der Waals surface area contributed by atoms with Gasteiger partial charge in [0.1, 0.15) is 22.9 Å². The highest BCUT2D eigenvalue weighted by Crippen LogP contribution is 2.35. The summed E-state index contributed by atoms with van der Waals surface area (Å²) in [6.45, 7) is 3.53. The maximum atomic E-state index is 5.76. The highest BCUT2D eigenvalue weighted by atomic mass is 16.5. The van der Waals surface area contributed by atoms with Crippen molar-refractivity contribution in [3.8, 4) is 22.8 Å². The van der Waals surface area contributed by atoms with Crippen LogP contribution in [0.25, 0.3) is 17.1 Å². The average molecular weight is 306 g/mol. The first-order valence-electron chi connectivity index (χ1n) is 7.88. The number of hydrogen-bond acceptors (Lipinski definition) is 4. The van der Waals surface area contributed by atoms with Crippen LogP contribution in [-0.2, 0) is 6.42 Å². The number of nitrogens with one attached hydrogen (secondary N) is 1. The van der Waals surface area contributed by atoms with E-state index in [9.17, 15) is 0 Å². The molecule has 0 spiro atoms. The molecule has 5 heteroatoms. The van der Waals surface area contributed by atoms with Crippen LogP contribution in [0, 0.1) is 0 Å². The monoisotopic (exact) mass is 306 g/mol. The van der Waals surface area contributed by atoms with Crippen molar-refractivity contribution in [3.63, 3.8) is 0 Å². The lowest BCUT2D eigenvalue weighted by atomic mass is 10.1. The fourth-order valence-electron chi connectivity index (χ4n) is 2.97. The molecule has 1 aromatic carbocycles. The molecule has 0 amide bonds. The second kappa shape index (κ2) is 5.76. The summed E-state index contributed by atoms with van der Waals surface area (Å²) in [6, 6.07) is 13.9. The molecule has 0 aliphatic carbocycles. The van der Waals surface area contributed by atoms with Gasteiger partial charge in [-0.1, -0.05) is 18.2 Å². The third kappa shape index (κ3) is 2.34. The zero-order chi connectivity index (χ0) is 15.6. The summed E-state index contributed by atoms with van der Waals surface area (Å²) in [5.74, 6) is 1.87. The predicted molar refractivity (Wildman–Crippen MR) is 90.2 cm³/mol. The van der Waals surface area contributed by atoms with E-state index in [-0.39, 0.29) is 0 Å². The second-order valence-electron chi connectivity index (χ2n) is 5.38. The van der Waals surface area contributed by atoms with Gasteiger partial charge in [0.05, 0.1) is 12.3 Å². The fourth-order valence-corrected chi connectivity index (χ4v) is 2.97. The highest BCUT2D eigenvalue weighted by Gasteiger charge is 2.25. The SMILES string of the molecule is CCOc1ccccc1-n1nc(-c2ccccn2)c2c1NCC2. The Kier molecular flexibility index (Phi) is 3.46. The van der Waals surface area contributed by atoms with Crippen molar-refractivity contribution < 1.29 is 4.74 Å². The Hall–Kier alpha value is -2.82. The molecule has 1 aliphatic heterocycles. The van der Waals surface area contributed by atoms with Gasteiger partial charge in [-0.3, -0.25) is 4.98 Å². The van der Waals surface area contributed by atoms with E-state index in [2.05, 4.69) is 10.3 Å². The molecule has 3 aromatic rings. The summed E-state index contributed by atoms with van der Waals surface area (Å²) < 4.78 is 7.70. The number of aromatic nitrogens is 3. The van der Waals surface area contributed by atoms with Crippen LogP contribution in [0.15, 0.2) is 48.7 Å². The lowest BCUT2D eigenvalue weighted by molar-refractivity contribution is 0.338. The number of anilines is 1. The Bertz CT molecular complexity index is 826. The summed E-state index contributed by atoms with van der Waals surface area (Å²) in [7, 11) is 0. The van der Waals surface area contributed by atoms with Gasteiger partial charge in [-0.05, 0) is 37.6 Å². The topological polar surface area (TPSA) is 52.0 Å². The highest BCUT2D eigenvalue weighted by molar-refractivity contribution is 5.71. The van der Waals surface area contributed by atoms with E-state index in [1.807, 2.05) is 54.1 Å². The third-order valence-corrected chi connectivity index (χ3v) is 3.95. The molecule has 3 heterocycles. The first kappa shape index (κ1) is 13.8. The molecule has 4 rings (SSSR count). The van der Waals surface area contributed by atoms with Crippen LogP contribution >= 0.6 is 0 Å². The normalized spacial score (nSPS) is 12.7. The van der Waals surface area contributed by atoms with Gasteiger partial charge in [-0.15, -0.1) is 0 Å². The van der Waals surface area contributed by atoms with Gasteiger partial charge in [0, 0.05) is 18.3 Å². The first-order valence-corrected chi connectivity index (χ1v) is 7.88. The second-order valence-corrected chi connectivity index (χ2v) is 5.38. The van der Waals surface area contributed by atoms with Gasteiger partial charge in [0.2, 0.25) is 0 Å². The summed E-state index contributed by atoms with van der Waals surface area (Å²) in [5.41, 5.74) is 4.01. The number of rotatable bonds is 4. The molecule has 0 bridgehead atoms. The van der Waals surface area contributed by atoms with E-state index >= 15 is 0 Å². The van der Waals surface area contributed by atoms with Crippen molar-refractivity contribution in [3.05, 3.63) is 54.2 Å². The average Bonchev–Trinajstić information content (AvgIpc) is 3.19. The molecule has 1 N–H and O–H groups in total. The molecular weight excluding hydrogens is 288 g/mol. The minimum atomic E-state index is 0.626. The van der Waals surface area contributed by atoms with E-state index in [1.54, 1.807) is 6.20 Å². The summed E-state index contributed by atoms with van der Waals surface area (Å²) in [6.07, 6.45) is 2.76. The molecule has 0 saturated carbocycles. The van der Waals surface area contributed by atoms with Crippen molar-refractivity contribution in [2.24, 2.45) is 0 Å². The maximum absolute atomic E-state index is 5.76. The van der Waals surface area contributed by atoms with Gasteiger partial charge in [-0.25, -0.2) is 4.68 Å². The molecule has 0 fully saturated rings. The largest absolute Gasteiger partial charge is 0.492 e. The van der Waals surface area contributed by atoms with Gasteiger partial charge < -0.3 is 10.1 Å². The molecule has 2 aromatic heterocycles. The lowest BCUT2D eigenvalue weighted by Crippen LogP contribution is -2.06. The molecule has 5 nitrogen and oxygen atoms in total. The number of para-hydroxylation sites is 2. The zero-order valence-electron chi connectivity index (χ0n) is 13.0. The Morgan fingerprint density at radius 3 is 2.87 bits per heavy atom. The van der Waals surface area contributed by atoms with E-state index < -0.39 is 0 Å². The molecule has 1 aliphatic rings. The van der Waals surface area contributed by atoms with Gasteiger partial charge in [0.25, 0.3) is 0 Å². The minimum Gasteiger partial charge on any atom is -0.492 e. The molecule has 0 atom stereocenters. The molecule has 0 radical (unpaired) electrons. The van der Waals surface area contributed by atoms with Crippen LogP contribution in [0.4, 0.5) is 5.82 Å². The Morgan fingerprint density at radius 2 is 2.04 bits per heavy atom. The van der Waals surface area contributed by atoms with E-state index in [1.165, 1.54) is 5.56 Å². The number of ether oxygens (including phenoxy) is 1. The number of hydrogen-bond donors (Lipinski definition) is 1. The molecule has 116 valence electrons. The van der Waals surface area contributed by atoms with Crippen LogP contribution in [0.1, 0.15) is 12.5 Å². The number of fused-ring (bicyclic) bond motifs is 1. The van der Waals surface area contributed by atoms with Crippen LogP contribution in [0.3, 0.4) is 0 Å². The van der Waals surface area contributed by atoms with Crippen molar-refractivity contribution in [2.45, 2.75) is 13.3 Å². The maximum Gasteiger partial charge on any atom is 0.145 e. The Labute approximate surface area is 134 Å². The predicted octanol–water partition coefficient (Wildman–Crippen LogP) is 3.30. The van der Waals surface area contributed by atoms with Crippen molar-refractivity contribution in [1.82, 2.24) is 14.8 Å². The Balaban J connectivity index is 1.88. The van der Waals surface area contributed by atoms with Crippen LogP contribution in [0.2, 0.25) is 0 Å². The van der Waals surface area contributed by atoms with Crippen LogP contribution in [-0.4, -0.2) is 27.9 Å². The lowest BCUT2D eigenvalue weighted by Gasteiger charge is -2.12. The summed E-state index contributed by atoms with van der Waals surface area (Å²) in [5, 5.41) is 8.27. The number of pyridine rings is 1. The number of benzene rings is 1. The van der Waals surface area contributed by atoms with E-state index in [4.69, 9.17) is 9.84 Å². The van der Waals surface area contributed by atoms with E-state index in [0.29, 0.717) is 6.61 Å². The first-order chi connectivity index (χ1) is 11.4. The van der Waals surface area contributed by atoms with Crippen LogP contribution in [0.5, 0.6) is 5.75 Å². The van der Waals surface area contributed by atoms with Gasteiger partial charge in [0.15, 0.2) is 0 Å². The Morgan fingerprint density at radius 1 is 1.17 bits per heavy atom. The van der Waals surface area contributed by atoms with Crippen LogP contribution < -0.4 is 10.1 Å². The van der Waals surface area contributed by atoms with Gasteiger partial charge >= 0.3 is 0 Å². The fraction of sp³-hybridized carbons (Fsp3) is 0.222. The molecule has 0 saturated heterocycles. The van der Waals surface area contributed by atoms with Crippen molar-refractivity contribution in [2.75, 3.05) is 18.5 Å². The van der Waals surface area contributed by atoms with Gasteiger partial charge in [-0.2, -0.15) is 5.10 Å². The van der Waals surface area contributed by atoms with Crippen molar-refractivity contribution >= 4 is 5.82 Å². The molecule has 0 unspecified atom stereocenters. The minimum absolute atomic E-state index is 0.626. The number of nitrogens with zero attached hydrogens (tertiary/aromatic N) is 3. The summed E-state index contributed by atoms with van der Waals surface area (Å²) >= 11 is 0. The van der Waals surface area contributed by atoms with Crippen molar-refractivity contribution in [1.29, 1.82) is 0 Å². The molecule has 23 heavy (non-hydrogen) atoms. The zero-order valence-corrected chi connectivity index (χ0v) is 13.0. The molecular formula is C18H18N4O. The quantitative estimate of drug-likeness (QED) is 0.803. The standard InChI is InChI=1S/C18H18N4O/c1-2-23-16-9-4-3-8-15(16)22-18-13(10-12-20-18)17(21-22)14-7-5-6-11-19-14/h3-9,11,20H,2,10,12H2,1H3. The smallest absolute Gasteiger partial charge is 0.145 e.